The Morgan fingerprint density at radius 2 is 1.82 bits per heavy atom. The summed E-state index contributed by atoms with van der Waals surface area (Å²) in [5, 5.41) is 11.0. The average Bonchev–Trinajstić information content (AvgIpc) is 2.41. The molecular formula is C17H26ClNO3. The molecule has 0 aromatic heterocycles. The van der Waals surface area contributed by atoms with E-state index in [1.807, 2.05) is 26.0 Å². The van der Waals surface area contributed by atoms with Gasteiger partial charge in [-0.05, 0) is 51.0 Å². The Balaban J connectivity index is 1.84. The first-order chi connectivity index (χ1) is 10.3. The van der Waals surface area contributed by atoms with E-state index in [-0.39, 0.29) is 18.8 Å². The Morgan fingerprint density at radius 1 is 1.27 bits per heavy atom. The van der Waals surface area contributed by atoms with Gasteiger partial charge in [0.15, 0.2) is 0 Å². The Kier molecular flexibility index (Phi) is 6.09. The van der Waals surface area contributed by atoms with Crippen LogP contribution in [0.3, 0.4) is 0 Å². The molecule has 1 fully saturated rings. The summed E-state index contributed by atoms with van der Waals surface area (Å²) in [5.41, 5.74) is 1.98. The smallest absolute Gasteiger partial charge is 0.120 e. The molecule has 3 atom stereocenters. The van der Waals surface area contributed by atoms with Gasteiger partial charge in [0.25, 0.3) is 0 Å². The maximum absolute atomic E-state index is 10.2. The number of aryl methyl sites for hydroxylation is 2. The lowest BCUT2D eigenvalue weighted by Gasteiger charge is -2.36. The van der Waals surface area contributed by atoms with Crippen molar-refractivity contribution in [3.63, 3.8) is 0 Å². The highest BCUT2D eigenvalue weighted by Gasteiger charge is 2.23. The summed E-state index contributed by atoms with van der Waals surface area (Å²) in [6, 6.07) is 3.81. The van der Waals surface area contributed by atoms with Crippen molar-refractivity contribution in [3.05, 3.63) is 28.3 Å². The second-order valence-electron chi connectivity index (χ2n) is 6.31. The van der Waals surface area contributed by atoms with Crippen LogP contribution >= 0.6 is 11.6 Å². The summed E-state index contributed by atoms with van der Waals surface area (Å²) in [6.45, 7) is 10.6. The molecule has 0 aliphatic carbocycles. The number of hydrogen-bond donors (Lipinski definition) is 1. The van der Waals surface area contributed by atoms with Crippen LogP contribution in [0.25, 0.3) is 0 Å². The van der Waals surface area contributed by atoms with Crippen molar-refractivity contribution in [2.75, 3.05) is 26.2 Å². The number of aliphatic hydroxyl groups is 1. The third-order valence-electron chi connectivity index (χ3n) is 3.82. The van der Waals surface area contributed by atoms with Gasteiger partial charge in [0.1, 0.15) is 18.5 Å². The van der Waals surface area contributed by atoms with Gasteiger partial charge in [0.05, 0.1) is 12.2 Å². The van der Waals surface area contributed by atoms with Gasteiger partial charge in [-0.25, -0.2) is 0 Å². The minimum absolute atomic E-state index is 0.207. The topological polar surface area (TPSA) is 41.9 Å². The average molecular weight is 328 g/mol. The molecule has 1 aliphatic heterocycles. The largest absolute Gasteiger partial charge is 0.491 e. The number of rotatable bonds is 5. The van der Waals surface area contributed by atoms with Gasteiger partial charge in [-0.2, -0.15) is 0 Å². The van der Waals surface area contributed by atoms with E-state index < -0.39 is 6.10 Å². The van der Waals surface area contributed by atoms with E-state index in [0.717, 1.165) is 35.0 Å². The van der Waals surface area contributed by atoms with Crippen LogP contribution in [0, 0.1) is 13.8 Å². The molecule has 0 bridgehead atoms. The molecule has 124 valence electrons. The van der Waals surface area contributed by atoms with Crippen LogP contribution in [0.2, 0.25) is 5.02 Å². The van der Waals surface area contributed by atoms with Crippen LogP contribution in [-0.4, -0.2) is 54.6 Å². The second-order valence-corrected chi connectivity index (χ2v) is 6.69. The Labute approximate surface area is 138 Å². The highest BCUT2D eigenvalue weighted by Crippen LogP contribution is 2.26. The number of hydrogen-bond acceptors (Lipinski definition) is 4. The normalized spacial score (nSPS) is 24.3. The zero-order valence-corrected chi connectivity index (χ0v) is 14.6. The minimum atomic E-state index is -0.520. The number of β-amino-alcohol motifs (C(OH)–C–C–N with tert-alkyl or cyclic N) is 1. The Bertz CT molecular complexity index is 476. The van der Waals surface area contributed by atoms with Gasteiger partial charge in [-0.1, -0.05) is 11.6 Å². The standard InChI is InChI=1S/C17H26ClNO3/c1-11-5-16(6-12(2)17(11)18)21-10-15(20)9-19-7-13(3)22-14(4)8-19/h5-6,13-15,20H,7-10H2,1-4H3/t13-,14+,15-/m0/s1. The van der Waals surface area contributed by atoms with Crippen molar-refractivity contribution in [3.8, 4) is 5.75 Å². The van der Waals surface area contributed by atoms with E-state index in [2.05, 4.69) is 18.7 Å². The Morgan fingerprint density at radius 3 is 2.36 bits per heavy atom. The first-order valence-corrected chi connectivity index (χ1v) is 8.18. The summed E-state index contributed by atoms with van der Waals surface area (Å²) in [4.78, 5) is 2.23. The first-order valence-electron chi connectivity index (χ1n) is 7.80. The predicted octanol–water partition coefficient (Wildman–Crippen LogP) is 2.81. The lowest BCUT2D eigenvalue weighted by Crippen LogP contribution is -2.48. The maximum atomic E-state index is 10.2. The van der Waals surface area contributed by atoms with Crippen molar-refractivity contribution in [1.29, 1.82) is 0 Å². The summed E-state index contributed by atoms with van der Waals surface area (Å²) in [5.74, 6) is 0.752. The van der Waals surface area contributed by atoms with Gasteiger partial charge < -0.3 is 14.6 Å². The van der Waals surface area contributed by atoms with Gasteiger partial charge >= 0.3 is 0 Å². The third kappa shape index (κ3) is 4.85. The molecule has 22 heavy (non-hydrogen) atoms. The fraction of sp³-hybridized carbons (Fsp3) is 0.647. The monoisotopic (exact) mass is 327 g/mol. The second kappa shape index (κ2) is 7.64. The van der Waals surface area contributed by atoms with Crippen LogP contribution < -0.4 is 4.74 Å². The van der Waals surface area contributed by atoms with Gasteiger partial charge in [-0.15, -0.1) is 0 Å². The molecule has 2 rings (SSSR count). The van der Waals surface area contributed by atoms with E-state index >= 15 is 0 Å². The molecule has 1 N–H and O–H groups in total. The zero-order valence-electron chi connectivity index (χ0n) is 13.8. The number of ether oxygens (including phenoxy) is 2. The summed E-state index contributed by atoms with van der Waals surface area (Å²) in [7, 11) is 0. The molecule has 1 aliphatic rings. The number of morpholine rings is 1. The van der Waals surface area contributed by atoms with Gasteiger partial charge in [0, 0.05) is 24.7 Å². The van der Waals surface area contributed by atoms with E-state index in [1.165, 1.54) is 0 Å². The van der Waals surface area contributed by atoms with E-state index in [1.54, 1.807) is 0 Å². The van der Waals surface area contributed by atoms with Crippen molar-refractivity contribution < 1.29 is 14.6 Å². The number of benzene rings is 1. The number of halogens is 1. The lowest BCUT2D eigenvalue weighted by molar-refractivity contribution is -0.0786. The summed E-state index contributed by atoms with van der Waals surface area (Å²) >= 11 is 6.15. The highest BCUT2D eigenvalue weighted by molar-refractivity contribution is 6.32. The maximum Gasteiger partial charge on any atom is 0.120 e. The molecule has 0 radical (unpaired) electrons. The molecular weight excluding hydrogens is 302 g/mol. The number of nitrogens with zero attached hydrogens (tertiary/aromatic N) is 1. The fourth-order valence-corrected chi connectivity index (χ4v) is 3.08. The molecule has 1 heterocycles. The van der Waals surface area contributed by atoms with Crippen molar-refractivity contribution in [2.45, 2.75) is 46.0 Å². The Hall–Kier alpha value is -0.810. The molecule has 1 saturated heterocycles. The van der Waals surface area contributed by atoms with Crippen molar-refractivity contribution in [1.82, 2.24) is 4.90 Å². The van der Waals surface area contributed by atoms with E-state index in [4.69, 9.17) is 21.1 Å². The van der Waals surface area contributed by atoms with Crippen LogP contribution in [0.5, 0.6) is 5.75 Å². The molecule has 0 spiro atoms. The van der Waals surface area contributed by atoms with Crippen LogP contribution in [0.4, 0.5) is 0 Å². The van der Waals surface area contributed by atoms with E-state index in [0.29, 0.717) is 6.54 Å². The summed E-state index contributed by atoms with van der Waals surface area (Å²) in [6.07, 6.45) is -0.106. The fourth-order valence-electron chi connectivity index (χ4n) is 2.97. The molecule has 4 nitrogen and oxygen atoms in total. The summed E-state index contributed by atoms with van der Waals surface area (Å²) < 4.78 is 11.4. The van der Waals surface area contributed by atoms with Crippen molar-refractivity contribution in [2.24, 2.45) is 0 Å². The lowest BCUT2D eigenvalue weighted by atomic mass is 10.1. The molecule has 1 aromatic carbocycles. The predicted molar refractivity (Wildman–Crippen MR) is 88.9 cm³/mol. The minimum Gasteiger partial charge on any atom is -0.491 e. The van der Waals surface area contributed by atoms with Gasteiger partial charge in [-0.3, -0.25) is 4.90 Å². The highest BCUT2D eigenvalue weighted by atomic mass is 35.5. The molecule has 0 amide bonds. The zero-order chi connectivity index (χ0) is 16.3. The van der Waals surface area contributed by atoms with Crippen LogP contribution in [0.1, 0.15) is 25.0 Å². The first kappa shape index (κ1) is 17.5. The van der Waals surface area contributed by atoms with Crippen LogP contribution in [-0.2, 0) is 4.74 Å². The van der Waals surface area contributed by atoms with Crippen LogP contribution in [0.15, 0.2) is 12.1 Å². The van der Waals surface area contributed by atoms with Gasteiger partial charge in [0.2, 0.25) is 0 Å². The molecule has 5 heteroatoms. The third-order valence-corrected chi connectivity index (χ3v) is 4.41. The molecule has 0 unspecified atom stereocenters. The van der Waals surface area contributed by atoms with Crippen molar-refractivity contribution >= 4 is 11.6 Å². The quantitative estimate of drug-likeness (QED) is 0.903. The SMILES string of the molecule is Cc1cc(OC[C@@H](O)CN2C[C@@H](C)O[C@@H](C)C2)cc(C)c1Cl. The van der Waals surface area contributed by atoms with E-state index in [9.17, 15) is 5.11 Å². The number of aliphatic hydroxyl groups excluding tert-OH is 1. The molecule has 0 saturated carbocycles. The molecule has 1 aromatic rings.